The lowest BCUT2D eigenvalue weighted by atomic mass is 10.4. The van der Waals surface area contributed by atoms with Crippen LogP contribution >= 0.6 is 11.3 Å². The molecule has 6 heteroatoms. The molecule has 16 heavy (non-hydrogen) atoms. The van der Waals surface area contributed by atoms with E-state index in [2.05, 4.69) is 15.2 Å². The van der Waals surface area contributed by atoms with Crippen molar-refractivity contribution in [2.45, 2.75) is 0 Å². The number of rotatable bonds is 1. The summed E-state index contributed by atoms with van der Waals surface area (Å²) in [6.07, 6.45) is 3.45. The summed E-state index contributed by atoms with van der Waals surface area (Å²) in [6.45, 7) is 3.97. The first kappa shape index (κ1) is 9.80. The lowest BCUT2D eigenvalue weighted by Gasteiger charge is -2.27. The quantitative estimate of drug-likeness (QED) is 0.766. The van der Waals surface area contributed by atoms with Crippen LogP contribution in [0.3, 0.4) is 0 Å². The Morgan fingerprint density at radius 1 is 1.38 bits per heavy atom. The summed E-state index contributed by atoms with van der Waals surface area (Å²) in [5, 5.41) is 4.43. The molecule has 1 fully saturated rings. The monoisotopic (exact) mass is 236 g/mol. The number of piperazine rings is 1. The first-order valence-corrected chi connectivity index (χ1v) is 6.09. The molecule has 3 heterocycles. The summed E-state index contributed by atoms with van der Waals surface area (Å²) in [7, 11) is 0. The highest BCUT2D eigenvalue weighted by molar-refractivity contribution is 7.20. The minimum atomic E-state index is -0.0114. The zero-order chi connectivity index (χ0) is 11.0. The zero-order valence-corrected chi connectivity index (χ0v) is 9.54. The average molecular weight is 236 g/mol. The van der Waals surface area contributed by atoms with Crippen LogP contribution in [0.2, 0.25) is 0 Å². The zero-order valence-electron chi connectivity index (χ0n) is 8.72. The van der Waals surface area contributed by atoms with E-state index in [1.54, 1.807) is 21.9 Å². The van der Waals surface area contributed by atoms with Crippen molar-refractivity contribution in [3.05, 3.63) is 28.8 Å². The molecule has 1 aliphatic heterocycles. The summed E-state index contributed by atoms with van der Waals surface area (Å²) >= 11 is 1.57. The van der Waals surface area contributed by atoms with E-state index >= 15 is 0 Å². The summed E-state index contributed by atoms with van der Waals surface area (Å²) < 4.78 is 1.61. The predicted octanol–water partition coefficient (Wildman–Crippen LogP) is 0.166. The number of fused-ring (bicyclic) bond motifs is 1. The van der Waals surface area contributed by atoms with Gasteiger partial charge in [-0.15, -0.1) is 0 Å². The Morgan fingerprint density at radius 3 is 2.94 bits per heavy atom. The van der Waals surface area contributed by atoms with Gasteiger partial charge in [0.1, 0.15) is 5.00 Å². The fourth-order valence-corrected chi connectivity index (χ4v) is 2.87. The molecule has 0 aromatic carbocycles. The van der Waals surface area contributed by atoms with Crippen LogP contribution in [0.5, 0.6) is 0 Å². The fourth-order valence-electron chi connectivity index (χ4n) is 1.86. The summed E-state index contributed by atoms with van der Waals surface area (Å²) in [6, 6.07) is 1.49. The van der Waals surface area contributed by atoms with Gasteiger partial charge in [0, 0.05) is 44.6 Å². The number of nitrogens with zero attached hydrogens (tertiary/aromatic N) is 3. The van der Waals surface area contributed by atoms with Gasteiger partial charge in [-0.1, -0.05) is 11.3 Å². The average Bonchev–Trinajstić information content (AvgIpc) is 2.76. The summed E-state index contributed by atoms with van der Waals surface area (Å²) in [5.74, 6) is 0. The third kappa shape index (κ3) is 1.60. The molecular formula is C10H12N4OS. The van der Waals surface area contributed by atoms with Gasteiger partial charge in [0.2, 0.25) is 0 Å². The first-order chi connectivity index (χ1) is 7.84. The smallest absolute Gasteiger partial charge is 0.258 e. The first-order valence-electron chi connectivity index (χ1n) is 5.27. The van der Waals surface area contributed by atoms with Gasteiger partial charge in [-0.3, -0.25) is 9.20 Å². The van der Waals surface area contributed by atoms with E-state index in [-0.39, 0.29) is 5.56 Å². The topological polar surface area (TPSA) is 49.6 Å². The van der Waals surface area contributed by atoms with Gasteiger partial charge >= 0.3 is 0 Å². The molecular weight excluding hydrogens is 224 g/mol. The van der Waals surface area contributed by atoms with Crippen LogP contribution in [0, 0.1) is 0 Å². The third-order valence-corrected chi connectivity index (χ3v) is 3.77. The molecule has 1 N–H and O–H groups in total. The fraction of sp³-hybridized carbons (Fsp3) is 0.400. The highest BCUT2D eigenvalue weighted by atomic mass is 32.1. The Kier molecular flexibility index (Phi) is 2.37. The van der Waals surface area contributed by atoms with Crippen molar-refractivity contribution in [3.8, 4) is 0 Å². The number of thiazole rings is 1. The molecule has 0 spiro atoms. The lowest BCUT2D eigenvalue weighted by molar-refractivity contribution is 0.591. The van der Waals surface area contributed by atoms with Crippen LogP contribution in [0.15, 0.2) is 23.3 Å². The number of nitrogens with one attached hydrogen (secondary N) is 1. The van der Waals surface area contributed by atoms with Gasteiger partial charge in [0.05, 0.1) is 0 Å². The van der Waals surface area contributed by atoms with Gasteiger partial charge in [-0.05, 0) is 0 Å². The van der Waals surface area contributed by atoms with E-state index in [1.807, 2.05) is 6.20 Å². The van der Waals surface area contributed by atoms with Gasteiger partial charge < -0.3 is 10.2 Å². The Morgan fingerprint density at radius 2 is 2.19 bits per heavy atom. The SMILES string of the molecule is O=c1ccnc2sc(N3CCNCC3)cn12. The number of aromatic nitrogens is 2. The van der Waals surface area contributed by atoms with Gasteiger partial charge in [-0.25, -0.2) is 4.98 Å². The predicted molar refractivity (Wildman–Crippen MR) is 64.4 cm³/mol. The molecule has 0 aliphatic carbocycles. The maximum Gasteiger partial charge on any atom is 0.258 e. The van der Waals surface area contributed by atoms with Crippen molar-refractivity contribution in [2.75, 3.05) is 31.1 Å². The maximum absolute atomic E-state index is 11.6. The molecule has 1 saturated heterocycles. The molecule has 0 radical (unpaired) electrons. The minimum Gasteiger partial charge on any atom is -0.360 e. The van der Waals surface area contributed by atoms with Crippen LogP contribution in [0.1, 0.15) is 0 Å². The van der Waals surface area contributed by atoms with E-state index in [4.69, 9.17) is 0 Å². The van der Waals surface area contributed by atoms with E-state index < -0.39 is 0 Å². The van der Waals surface area contributed by atoms with E-state index in [0.717, 1.165) is 36.1 Å². The largest absolute Gasteiger partial charge is 0.360 e. The second-order valence-electron chi connectivity index (χ2n) is 3.74. The molecule has 2 aromatic heterocycles. The van der Waals surface area contributed by atoms with E-state index in [9.17, 15) is 4.79 Å². The standard InChI is InChI=1S/C10H12N4OS/c15-8-1-2-12-10-14(8)7-9(16-10)13-5-3-11-4-6-13/h1-2,7,11H,3-6H2. The molecule has 84 valence electrons. The van der Waals surface area contributed by atoms with Gasteiger partial charge in [0.25, 0.3) is 5.56 Å². The summed E-state index contributed by atoms with van der Waals surface area (Å²) in [4.78, 5) is 18.8. The van der Waals surface area contributed by atoms with E-state index in [0.29, 0.717) is 0 Å². The van der Waals surface area contributed by atoms with Crippen LogP contribution in [0.25, 0.3) is 4.96 Å². The molecule has 1 aliphatic rings. The minimum absolute atomic E-state index is 0.0114. The van der Waals surface area contributed by atoms with Crippen molar-refractivity contribution in [1.82, 2.24) is 14.7 Å². The second kappa shape index (κ2) is 3.88. The van der Waals surface area contributed by atoms with Gasteiger partial charge in [-0.2, -0.15) is 0 Å². The van der Waals surface area contributed by atoms with Crippen molar-refractivity contribution in [3.63, 3.8) is 0 Å². The molecule has 5 nitrogen and oxygen atoms in total. The highest BCUT2D eigenvalue weighted by Crippen LogP contribution is 2.24. The Labute approximate surface area is 96.3 Å². The number of hydrogen-bond donors (Lipinski definition) is 1. The Hall–Kier alpha value is -1.40. The Bertz CT molecular complexity index is 555. The molecule has 0 saturated carbocycles. The molecule has 0 bridgehead atoms. The lowest BCUT2D eigenvalue weighted by Crippen LogP contribution is -2.43. The summed E-state index contributed by atoms with van der Waals surface area (Å²) in [5.41, 5.74) is -0.0114. The van der Waals surface area contributed by atoms with Crippen molar-refractivity contribution < 1.29 is 0 Å². The van der Waals surface area contributed by atoms with Crippen LogP contribution in [-0.4, -0.2) is 35.6 Å². The van der Waals surface area contributed by atoms with Crippen molar-refractivity contribution in [2.24, 2.45) is 0 Å². The third-order valence-electron chi connectivity index (χ3n) is 2.71. The van der Waals surface area contributed by atoms with Crippen LogP contribution in [0.4, 0.5) is 5.00 Å². The van der Waals surface area contributed by atoms with Crippen LogP contribution in [-0.2, 0) is 0 Å². The van der Waals surface area contributed by atoms with Crippen molar-refractivity contribution in [1.29, 1.82) is 0 Å². The van der Waals surface area contributed by atoms with Gasteiger partial charge in [0.15, 0.2) is 4.96 Å². The highest BCUT2D eigenvalue weighted by Gasteiger charge is 2.13. The second-order valence-corrected chi connectivity index (χ2v) is 4.73. The molecule has 3 rings (SSSR count). The Balaban J connectivity index is 2.04. The molecule has 0 unspecified atom stereocenters. The van der Waals surface area contributed by atoms with E-state index in [1.165, 1.54) is 6.07 Å². The molecule has 2 aromatic rings. The number of hydrogen-bond acceptors (Lipinski definition) is 5. The normalized spacial score (nSPS) is 16.9. The maximum atomic E-state index is 11.6. The van der Waals surface area contributed by atoms with Crippen LogP contribution < -0.4 is 15.8 Å². The molecule has 0 atom stereocenters. The molecule has 0 amide bonds. The number of anilines is 1. The van der Waals surface area contributed by atoms with Crippen molar-refractivity contribution >= 4 is 21.3 Å².